The van der Waals surface area contributed by atoms with E-state index in [1.54, 1.807) is 0 Å². The number of hydrogen-bond acceptors (Lipinski definition) is 2. The van der Waals surface area contributed by atoms with Crippen LogP contribution >= 0.6 is 0 Å². The third kappa shape index (κ3) is 3.84. The largest absolute Gasteiger partial charge is 0.381 e. The normalized spacial score (nSPS) is 16.5. The zero-order chi connectivity index (χ0) is 12.8. The van der Waals surface area contributed by atoms with Crippen molar-refractivity contribution >= 4 is 5.91 Å². The van der Waals surface area contributed by atoms with E-state index in [4.69, 9.17) is 4.74 Å². The molecule has 1 amide bonds. The SMILES string of the molecule is Cc1ccccc1CC(=O)NCC1CCOCC1. The van der Waals surface area contributed by atoms with Crippen molar-refractivity contribution in [2.45, 2.75) is 26.2 Å². The highest BCUT2D eigenvalue weighted by Crippen LogP contribution is 2.13. The van der Waals surface area contributed by atoms with Gasteiger partial charge in [0.15, 0.2) is 0 Å². The number of nitrogens with one attached hydrogen (secondary N) is 1. The first-order valence-corrected chi connectivity index (χ1v) is 6.64. The van der Waals surface area contributed by atoms with Crippen LogP contribution in [0.2, 0.25) is 0 Å². The van der Waals surface area contributed by atoms with E-state index in [1.807, 2.05) is 31.2 Å². The fourth-order valence-corrected chi connectivity index (χ4v) is 2.25. The summed E-state index contributed by atoms with van der Waals surface area (Å²) < 4.78 is 5.31. The van der Waals surface area contributed by atoms with Crippen LogP contribution in [0.5, 0.6) is 0 Å². The van der Waals surface area contributed by atoms with Crippen molar-refractivity contribution in [2.24, 2.45) is 5.92 Å². The smallest absolute Gasteiger partial charge is 0.224 e. The number of rotatable bonds is 4. The summed E-state index contributed by atoms with van der Waals surface area (Å²) in [5.41, 5.74) is 2.29. The number of aryl methyl sites for hydroxylation is 1. The highest BCUT2D eigenvalue weighted by Gasteiger charge is 2.14. The number of amides is 1. The first-order chi connectivity index (χ1) is 8.75. The lowest BCUT2D eigenvalue weighted by molar-refractivity contribution is -0.120. The van der Waals surface area contributed by atoms with Gasteiger partial charge in [-0.05, 0) is 36.8 Å². The first kappa shape index (κ1) is 13.1. The van der Waals surface area contributed by atoms with Gasteiger partial charge in [-0.15, -0.1) is 0 Å². The van der Waals surface area contributed by atoms with Crippen LogP contribution < -0.4 is 5.32 Å². The maximum atomic E-state index is 11.9. The van der Waals surface area contributed by atoms with Gasteiger partial charge < -0.3 is 10.1 Å². The van der Waals surface area contributed by atoms with Crippen LogP contribution in [0.25, 0.3) is 0 Å². The Morgan fingerprint density at radius 1 is 1.33 bits per heavy atom. The van der Waals surface area contributed by atoms with Gasteiger partial charge in [0.25, 0.3) is 0 Å². The fourth-order valence-electron chi connectivity index (χ4n) is 2.25. The van der Waals surface area contributed by atoms with Crippen LogP contribution in [0.1, 0.15) is 24.0 Å². The number of carbonyl (C=O) groups excluding carboxylic acids is 1. The van der Waals surface area contributed by atoms with Crippen LogP contribution in [-0.2, 0) is 16.0 Å². The van der Waals surface area contributed by atoms with Crippen molar-refractivity contribution in [1.29, 1.82) is 0 Å². The second kappa shape index (κ2) is 6.55. The predicted octanol–water partition coefficient (Wildman–Crippen LogP) is 2.08. The van der Waals surface area contributed by atoms with E-state index in [1.165, 1.54) is 5.56 Å². The maximum Gasteiger partial charge on any atom is 0.224 e. The van der Waals surface area contributed by atoms with Gasteiger partial charge >= 0.3 is 0 Å². The van der Waals surface area contributed by atoms with Gasteiger partial charge in [-0.25, -0.2) is 0 Å². The molecule has 98 valence electrons. The number of hydrogen-bond donors (Lipinski definition) is 1. The van der Waals surface area contributed by atoms with Gasteiger partial charge in [-0.1, -0.05) is 24.3 Å². The minimum Gasteiger partial charge on any atom is -0.381 e. The molecule has 18 heavy (non-hydrogen) atoms. The summed E-state index contributed by atoms with van der Waals surface area (Å²) in [6.45, 7) is 4.49. The minimum absolute atomic E-state index is 0.121. The summed E-state index contributed by atoms with van der Waals surface area (Å²) in [5, 5.41) is 3.03. The molecule has 0 aromatic heterocycles. The molecule has 1 saturated heterocycles. The van der Waals surface area contributed by atoms with Crippen LogP contribution in [0.15, 0.2) is 24.3 Å². The zero-order valence-corrected chi connectivity index (χ0v) is 10.9. The number of carbonyl (C=O) groups is 1. The Morgan fingerprint density at radius 3 is 2.78 bits per heavy atom. The van der Waals surface area contributed by atoms with Crippen molar-refractivity contribution in [3.05, 3.63) is 35.4 Å². The molecule has 3 heteroatoms. The fraction of sp³-hybridized carbons (Fsp3) is 0.533. The molecule has 0 atom stereocenters. The van der Waals surface area contributed by atoms with Gasteiger partial charge in [0.2, 0.25) is 5.91 Å². The molecule has 2 rings (SSSR count). The topological polar surface area (TPSA) is 38.3 Å². The van der Waals surface area contributed by atoms with Crippen molar-refractivity contribution in [1.82, 2.24) is 5.32 Å². The number of benzene rings is 1. The molecule has 0 saturated carbocycles. The monoisotopic (exact) mass is 247 g/mol. The molecule has 0 bridgehead atoms. The lowest BCUT2D eigenvalue weighted by atomic mass is 10.00. The van der Waals surface area contributed by atoms with Crippen LogP contribution in [0.4, 0.5) is 0 Å². The van der Waals surface area contributed by atoms with Gasteiger partial charge in [0, 0.05) is 19.8 Å². The highest BCUT2D eigenvalue weighted by molar-refractivity contribution is 5.78. The summed E-state index contributed by atoms with van der Waals surface area (Å²) >= 11 is 0. The molecule has 0 spiro atoms. The quantitative estimate of drug-likeness (QED) is 0.884. The third-order valence-electron chi connectivity index (χ3n) is 3.54. The van der Waals surface area contributed by atoms with Gasteiger partial charge in [-0.2, -0.15) is 0 Å². The summed E-state index contributed by atoms with van der Waals surface area (Å²) in [6, 6.07) is 8.04. The Bertz CT molecular complexity index is 397. The molecule has 1 N–H and O–H groups in total. The van der Waals surface area contributed by atoms with E-state index in [-0.39, 0.29) is 5.91 Å². The molecule has 1 aromatic carbocycles. The molecule has 1 heterocycles. The Labute approximate surface area is 109 Å². The van der Waals surface area contributed by atoms with Gasteiger partial charge in [0.05, 0.1) is 6.42 Å². The van der Waals surface area contributed by atoms with Crippen molar-refractivity contribution in [3.8, 4) is 0 Å². The van der Waals surface area contributed by atoms with Crippen LogP contribution in [-0.4, -0.2) is 25.7 Å². The summed E-state index contributed by atoms with van der Waals surface area (Å²) in [5.74, 6) is 0.704. The van der Waals surface area contributed by atoms with E-state index in [2.05, 4.69) is 5.32 Å². The molecule has 1 aliphatic heterocycles. The Hall–Kier alpha value is -1.35. The maximum absolute atomic E-state index is 11.9. The second-order valence-electron chi connectivity index (χ2n) is 4.96. The predicted molar refractivity (Wildman–Crippen MR) is 71.4 cm³/mol. The molecule has 1 fully saturated rings. The second-order valence-corrected chi connectivity index (χ2v) is 4.96. The molecule has 0 unspecified atom stereocenters. The lowest BCUT2D eigenvalue weighted by Crippen LogP contribution is -2.33. The van der Waals surface area contributed by atoms with E-state index in [0.29, 0.717) is 12.3 Å². The molecule has 1 aromatic rings. The van der Waals surface area contributed by atoms with Crippen LogP contribution in [0, 0.1) is 12.8 Å². The first-order valence-electron chi connectivity index (χ1n) is 6.64. The molecule has 3 nitrogen and oxygen atoms in total. The van der Waals surface area contributed by atoms with E-state index in [0.717, 1.165) is 38.2 Å². The highest BCUT2D eigenvalue weighted by atomic mass is 16.5. The summed E-state index contributed by atoms with van der Waals surface area (Å²) in [4.78, 5) is 11.9. The summed E-state index contributed by atoms with van der Waals surface area (Å²) in [6.07, 6.45) is 2.60. The Balaban J connectivity index is 1.76. The van der Waals surface area contributed by atoms with E-state index in [9.17, 15) is 4.79 Å². The lowest BCUT2D eigenvalue weighted by Gasteiger charge is -2.22. The third-order valence-corrected chi connectivity index (χ3v) is 3.54. The van der Waals surface area contributed by atoms with Crippen molar-refractivity contribution in [2.75, 3.05) is 19.8 Å². The van der Waals surface area contributed by atoms with E-state index >= 15 is 0 Å². The zero-order valence-electron chi connectivity index (χ0n) is 10.9. The van der Waals surface area contributed by atoms with Crippen LogP contribution in [0.3, 0.4) is 0 Å². The molecular weight excluding hydrogens is 226 g/mol. The Morgan fingerprint density at radius 2 is 2.06 bits per heavy atom. The average Bonchev–Trinajstić information content (AvgIpc) is 2.40. The summed E-state index contributed by atoms with van der Waals surface area (Å²) in [7, 11) is 0. The van der Waals surface area contributed by atoms with Gasteiger partial charge in [-0.3, -0.25) is 4.79 Å². The molecule has 0 aliphatic carbocycles. The minimum atomic E-state index is 0.121. The van der Waals surface area contributed by atoms with Crippen molar-refractivity contribution in [3.63, 3.8) is 0 Å². The average molecular weight is 247 g/mol. The standard InChI is InChI=1S/C15H21NO2/c1-12-4-2-3-5-14(12)10-15(17)16-11-13-6-8-18-9-7-13/h2-5,13H,6-11H2,1H3,(H,16,17). The molecule has 1 aliphatic rings. The molecule has 0 radical (unpaired) electrons. The van der Waals surface area contributed by atoms with E-state index < -0.39 is 0 Å². The van der Waals surface area contributed by atoms with Crippen molar-refractivity contribution < 1.29 is 9.53 Å². The number of ether oxygens (including phenoxy) is 1. The van der Waals surface area contributed by atoms with Gasteiger partial charge in [0.1, 0.15) is 0 Å². The molecular formula is C15H21NO2. The Kier molecular flexibility index (Phi) is 4.76.